The van der Waals surface area contributed by atoms with Crippen LogP contribution in [0, 0.1) is 5.82 Å². The summed E-state index contributed by atoms with van der Waals surface area (Å²) in [5.74, 6) is -0.351. The van der Waals surface area contributed by atoms with E-state index in [4.69, 9.17) is 18.3 Å². The van der Waals surface area contributed by atoms with Crippen molar-refractivity contribution in [2.75, 3.05) is 13.7 Å². The molecule has 1 heterocycles. The van der Waals surface area contributed by atoms with E-state index in [0.29, 0.717) is 35.5 Å². The number of amides is 1. The molecule has 1 amide bonds. The Hall–Kier alpha value is -3.37. The third-order valence-electron chi connectivity index (χ3n) is 5.22. The maximum absolute atomic E-state index is 14.5. The molecule has 0 bridgehead atoms. The standard InChI is InChI=1S/C25H26FNO7S/c1-3-20-22(34-25(30)33-20)14-32-21(18-6-4-5-7-19(18)26)13-31-17-10-8-16(9-11-17)12-23(35-15-28)24(29)27-2/h4-11,15,21,23H,3,12-14H2,1-2H3,(H,27,29). The third-order valence-corrected chi connectivity index (χ3v) is 6.04. The van der Waals surface area contributed by atoms with Gasteiger partial charge in [-0.15, -0.1) is 0 Å². The molecule has 3 rings (SSSR count). The number of carbonyl (C=O) groups is 2. The van der Waals surface area contributed by atoms with Crippen molar-refractivity contribution >= 4 is 23.3 Å². The van der Waals surface area contributed by atoms with Gasteiger partial charge in [-0.2, -0.15) is 0 Å². The van der Waals surface area contributed by atoms with Crippen molar-refractivity contribution in [1.29, 1.82) is 0 Å². The highest BCUT2D eigenvalue weighted by Crippen LogP contribution is 2.25. The van der Waals surface area contributed by atoms with Gasteiger partial charge in [-0.05, 0) is 30.2 Å². The number of hydrogen-bond donors (Lipinski definition) is 1. The van der Waals surface area contributed by atoms with Crippen LogP contribution < -0.4 is 15.9 Å². The molecule has 0 saturated carbocycles. The van der Waals surface area contributed by atoms with E-state index in [0.717, 1.165) is 17.3 Å². The number of rotatable bonds is 13. The molecule has 2 atom stereocenters. The zero-order chi connectivity index (χ0) is 25.2. The van der Waals surface area contributed by atoms with Crippen LogP contribution in [0.3, 0.4) is 0 Å². The van der Waals surface area contributed by atoms with Crippen LogP contribution in [0.25, 0.3) is 0 Å². The first kappa shape index (κ1) is 26.2. The predicted octanol–water partition coefficient (Wildman–Crippen LogP) is 3.85. The molecule has 3 aromatic rings. The third kappa shape index (κ3) is 7.30. The van der Waals surface area contributed by atoms with Crippen LogP contribution in [0.2, 0.25) is 0 Å². The molecule has 10 heteroatoms. The zero-order valence-electron chi connectivity index (χ0n) is 19.3. The molecule has 35 heavy (non-hydrogen) atoms. The average molecular weight is 504 g/mol. The van der Waals surface area contributed by atoms with Crippen molar-refractivity contribution in [2.45, 2.75) is 37.7 Å². The summed E-state index contributed by atoms with van der Waals surface area (Å²) in [5.41, 5.74) is 1.80. The molecule has 0 radical (unpaired) electrons. The van der Waals surface area contributed by atoms with Gasteiger partial charge in [0.15, 0.2) is 17.1 Å². The van der Waals surface area contributed by atoms with Crippen molar-refractivity contribution in [3.05, 3.63) is 87.6 Å². The van der Waals surface area contributed by atoms with Crippen LogP contribution in [-0.2, 0) is 33.8 Å². The van der Waals surface area contributed by atoms with E-state index in [1.54, 1.807) is 42.5 Å². The normalized spacial score (nSPS) is 12.7. The van der Waals surface area contributed by atoms with Crippen LogP contribution in [0.4, 0.5) is 4.39 Å². The van der Waals surface area contributed by atoms with Gasteiger partial charge in [0, 0.05) is 19.0 Å². The number of carbonyl (C=O) groups excluding carboxylic acids is 2. The highest BCUT2D eigenvalue weighted by molar-refractivity contribution is 8.13. The molecular formula is C25H26FNO7S. The van der Waals surface area contributed by atoms with Crippen LogP contribution >= 0.6 is 11.8 Å². The van der Waals surface area contributed by atoms with Gasteiger partial charge in [-0.25, -0.2) is 9.18 Å². The van der Waals surface area contributed by atoms with Gasteiger partial charge in [-0.1, -0.05) is 49.0 Å². The molecule has 0 spiro atoms. The molecule has 1 N–H and O–H groups in total. The molecule has 0 fully saturated rings. The predicted molar refractivity (Wildman–Crippen MR) is 128 cm³/mol. The molecule has 2 aromatic carbocycles. The summed E-state index contributed by atoms with van der Waals surface area (Å²) >= 11 is 0.919. The summed E-state index contributed by atoms with van der Waals surface area (Å²) < 4.78 is 36.2. The second-order valence-electron chi connectivity index (χ2n) is 7.47. The molecule has 0 aliphatic rings. The van der Waals surface area contributed by atoms with E-state index in [-0.39, 0.29) is 24.9 Å². The van der Waals surface area contributed by atoms with Crippen LogP contribution in [0.5, 0.6) is 5.75 Å². The Morgan fingerprint density at radius 2 is 1.86 bits per heavy atom. The summed E-state index contributed by atoms with van der Waals surface area (Å²) in [6.45, 7) is 1.71. The summed E-state index contributed by atoms with van der Waals surface area (Å²) in [5, 5.41) is 2.02. The summed E-state index contributed by atoms with van der Waals surface area (Å²) in [6.07, 6.45) is 0.0337. The van der Waals surface area contributed by atoms with Gasteiger partial charge in [0.2, 0.25) is 5.91 Å². The summed E-state index contributed by atoms with van der Waals surface area (Å²) in [6, 6.07) is 13.2. The van der Waals surface area contributed by atoms with E-state index in [1.807, 2.05) is 6.92 Å². The van der Waals surface area contributed by atoms with Gasteiger partial charge < -0.3 is 23.6 Å². The van der Waals surface area contributed by atoms with Crippen LogP contribution in [0.15, 0.2) is 62.2 Å². The Labute approximate surface area is 205 Å². The molecule has 1 aromatic heterocycles. The molecule has 186 valence electrons. The molecule has 2 unspecified atom stereocenters. The van der Waals surface area contributed by atoms with E-state index in [9.17, 15) is 18.8 Å². The number of ether oxygens (including phenoxy) is 2. The lowest BCUT2D eigenvalue weighted by atomic mass is 10.1. The van der Waals surface area contributed by atoms with E-state index >= 15 is 0 Å². The number of nitrogens with one attached hydrogen (secondary N) is 1. The lowest BCUT2D eigenvalue weighted by Crippen LogP contribution is -2.31. The van der Waals surface area contributed by atoms with Gasteiger partial charge in [0.05, 0.1) is 5.25 Å². The average Bonchev–Trinajstić information content (AvgIpc) is 3.24. The molecule has 0 aliphatic heterocycles. The minimum atomic E-state index is -0.815. The summed E-state index contributed by atoms with van der Waals surface area (Å²) in [4.78, 5) is 34.2. The van der Waals surface area contributed by atoms with Gasteiger partial charge in [0.1, 0.15) is 30.9 Å². The first-order valence-electron chi connectivity index (χ1n) is 10.9. The number of aryl methyl sites for hydroxylation is 1. The SMILES string of the molecule is CCc1oc(=O)oc1COC(COc1ccc(CC(SC=O)C(=O)NC)cc1)c1ccccc1F. The number of halogens is 1. The Morgan fingerprint density at radius 3 is 2.51 bits per heavy atom. The minimum Gasteiger partial charge on any atom is -0.491 e. The zero-order valence-corrected chi connectivity index (χ0v) is 20.1. The number of hydrogen-bond acceptors (Lipinski definition) is 8. The Balaban J connectivity index is 1.69. The van der Waals surface area contributed by atoms with Crippen molar-refractivity contribution in [3.8, 4) is 5.75 Å². The van der Waals surface area contributed by atoms with Gasteiger partial charge in [0.25, 0.3) is 0 Å². The maximum atomic E-state index is 14.5. The smallest absolute Gasteiger partial charge is 0.491 e. The largest absolute Gasteiger partial charge is 0.519 e. The van der Waals surface area contributed by atoms with Gasteiger partial charge in [-0.3, -0.25) is 9.59 Å². The number of thioether (sulfide) groups is 1. The first-order chi connectivity index (χ1) is 16.9. The monoisotopic (exact) mass is 503 g/mol. The van der Waals surface area contributed by atoms with E-state index in [1.165, 1.54) is 13.1 Å². The Bertz CT molecular complexity index is 1180. The van der Waals surface area contributed by atoms with E-state index < -0.39 is 23.0 Å². The minimum absolute atomic E-state index is 0.00825. The quantitative estimate of drug-likeness (QED) is 0.351. The second-order valence-corrected chi connectivity index (χ2v) is 8.50. The topological polar surface area (TPSA) is 108 Å². The van der Waals surface area contributed by atoms with E-state index in [2.05, 4.69) is 5.32 Å². The van der Waals surface area contributed by atoms with Crippen LogP contribution in [-0.4, -0.2) is 30.4 Å². The van der Waals surface area contributed by atoms with Crippen molar-refractivity contribution in [2.24, 2.45) is 0 Å². The number of benzene rings is 2. The fourth-order valence-electron chi connectivity index (χ4n) is 3.39. The fraction of sp³-hybridized carbons (Fsp3) is 0.320. The maximum Gasteiger partial charge on any atom is 0.519 e. The lowest BCUT2D eigenvalue weighted by molar-refractivity contribution is -0.120. The second kappa shape index (κ2) is 12.9. The van der Waals surface area contributed by atoms with Crippen LogP contribution in [0.1, 0.15) is 35.7 Å². The van der Waals surface area contributed by atoms with Crippen molar-refractivity contribution in [3.63, 3.8) is 0 Å². The molecule has 0 aliphatic carbocycles. The van der Waals surface area contributed by atoms with Crippen molar-refractivity contribution in [1.82, 2.24) is 5.32 Å². The fourth-order valence-corrected chi connectivity index (χ4v) is 4.06. The lowest BCUT2D eigenvalue weighted by Gasteiger charge is -2.19. The summed E-state index contributed by atoms with van der Waals surface area (Å²) in [7, 11) is 1.52. The first-order valence-corrected chi connectivity index (χ1v) is 11.9. The molecule has 0 saturated heterocycles. The molecule has 8 nitrogen and oxygen atoms in total. The molecular weight excluding hydrogens is 477 g/mol. The Morgan fingerprint density at radius 1 is 1.14 bits per heavy atom. The highest BCUT2D eigenvalue weighted by atomic mass is 32.2. The van der Waals surface area contributed by atoms with Gasteiger partial charge >= 0.3 is 5.82 Å². The highest BCUT2D eigenvalue weighted by Gasteiger charge is 2.21. The Kier molecular flexibility index (Phi) is 9.68. The van der Waals surface area contributed by atoms with Crippen molar-refractivity contribution < 1.29 is 32.3 Å².